The molecule has 0 saturated heterocycles. The Hall–Kier alpha value is -2.64. The van der Waals surface area contributed by atoms with Crippen molar-refractivity contribution in [1.29, 1.82) is 0 Å². The third-order valence-corrected chi connectivity index (χ3v) is 5.20. The van der Waals surface area contributed by atoms with Crippen molar-refractivity contribution in [1.82, 2.24) is 0 Å². The van der Waals surface area contributed by atoms with Crippen LogP contribution in [-0.2, 0) is 18.6 Å². The van der Waals surface area contributed by atoms with Crippen LogP contribution in [0.25, 0.3) is 5.57 Å². The first-order valence-electron chi connectivity index (χ1n) is 8.73. The first kappa shape index (κ1) is 22.6. The lowest BCUT2D eigenvalue weighted by Crippen LogP contribution is -2.13. The Morgan fingerprint density at radius 2 is 1.76 bits per heavy atom. The fraction of sp³-hybridized carbons (Fsp3) is 0.238. The predicted molar refractivity (Wildman–Crippen MR) is 110 cm³/mol. The number of benzene rings is 2. The molecule has 0 heterocycles. The van der Waals surface area contributed by atoms with Gasteiger partial charge in [0.25, 0.3) is 9.05 Å². The lowest BCUT2D eigenvalue weighted by Gasteiger charge is -2.14. The maximum atomic E-state index is 12.5. The molecule has 0 aliphatic carbocycles. The number of hydrogen-bond donors (Lipinski definition) is 0. The summed E-state index contributed by atoms with van der Waals surface area (Å²) in [4.78, 5) is 23.8. The van der Waals surface area contributed by atoms with Crippen LogP contribution in [-0.4, -0.2) is 27.0 Å². The van der Waals surface area contributed by atoms with Gasteiger partial charge in [0.15, 0.2) is 0 Å². The summed E-state index contributed by atoms with van der Waals surface area (Å²) in [5, 5.41) is 0. The highest BCUT2D eigenvalue weighted by Gasteiger charge is 2.21. The minimum absolute atomic E-state index is 0.0331. The van der Waals surface area contributed by atoms with E-state index in [2.05, 4.69) is 6.58 Å². The van der Waals surface area contributed by atoms with E-state index < -0.39 is 21.0 Å². The Balaban J connectivity index is 2.52. The molecule has 2 aromatic carbocycles. The van der Waals surface area contributed by atoms with E-state index >= 15 is 0 Å². The van der Waals surface area contributed by atoms with E-state index in [9.17, 15) is 18.0 Å². The molecule has 0 aliphatic rings. The van der Waals surface area contributed by atoms with Gasteiger partial charge in [-0.2, -0.15) is 0 Å². The zero-order valence-electron chi connectivity index (χ0n) is 16.3. The first-order valence-corrected chi connectivity index (χ1v) is 11.0. The lowest BCUT2D eigenvalue weighted by atomic mass is 9.97. The van der Waals surface area contributed by atoms with Crippen LogP contribution in [0.1, 0.15) is 42.3 Å². The monoisotopic (exact) mass is 436 g/mol. The molecule has 29 heavy (non-hydrogen) atoms. The molecular formula is C21H21ClO6S. The topological polar surface area (TPSA) is 86.7 Å². The Morgan fingerprint density at radius 1 is 1.10 bits per heavy atom. The average Bonchev–Trinajstić information content (AvgIpc) is 2.64. The lowest BCUT2D eigenvalue weighted by molar-refractivity contribution is -0.131. The summed E-state index contributed by atoms with van der Waals surface area (Å²) < 4.78 is 34.1. The van der Waals surface area contributed by atoms with Crippen molar-refractivity contribution in [3.05, 3.63) is 65.7 Å². The zero-order chi connectivity index (χ0) is 21.8. The van der Waals surface area contributed by atoms with E-state index in [0.717, 1.165) is 0 Å². The van der Waals surface area contributed by atoms with Crippen molar-refractivity contribution >= 4 is 37.2 Å². The molecule has 0 fully saturated rings. The second-order valence-corrected chi connectivity index (χ2v) is 9.24. The van der Waals surface area contributed by atoms with Crippen molar-refractivity contribution in [2.75, 3.05) is 6.61 Å². The Bertz CT molecular complexity index is 1060. The number of halogens is 1. The van der Waals surface area contributed by atoms with Crippen LogP contribution in [0.15, 0.2) is 53.9 Å². The third kappa shape index (κ3) is 5.92. The van der Waals surface area contributed by atoms with E-state index in [1.165, 1.54) is 25.1 Å². The summed E-state index contributed by atoms with van der Waals surface area (Å²) in [5.41, 5.74) is 1.11. The molecule has 0 bridgehead atoms. The summed E-state index contributed by atoms with van der Waals surface area (Å²) >= 11 is 0. The number of carbonyl (C=O) groups is 2. The van der Waals surface area contributed by atoms with Crippen molar-refractivity contribution in [2.24, 2.45) is 5.92 Å². The highest BCUT2D eigenvalue weighted by Crippen LogP contribution is 2.32. The van der Waals surface area contributed by atoms with Crippen LogP contribution in [0.4, 0.5) is 0 Å². The molecule has 0 aromatic heterocycles. The second-order valence-electron chi connectivity index (χ2n) is 6.71. The van der Waals surface area contributed by atoms with Gasteiger partial charge >= 0.3 is 11.9 Å². The van der Waals surface area contributed by atoms with Gasteiger partial charge in [0.2, 0.25) is 0 Å². The van der Waals surface area contributed by atoms with Gasteiger partial charge in [0.05, 0.1) is 11.5 Å². The minimum atomic E-state index is -4.00. The molecule has 0 aliphatic heterocycles. The molecule has 6 nitrogen and oxygen atoms in total. The van der Waals surface area contributed by atoms with Gasteiger partial charge in [0, 0.05) is 23.2 Å². The molecule has 154 valence electrons. The van der Waals surface area contributed by atoms with Crippen LogP contribution in [0.3, 0.4) is 0 Å². The van der Waals surface area contributed by atoms with Gasteiger partial charge in [-0.15, -0.1) is 0 Å². The molecule has 2 rings (SSSR count). The number of hydrogen-bond acceptors (Lipinski definition) is 6. The normalized spacial score (nSPS) is 11.2. The summed E-state index contributed by atoms with van der Waals surface area (Å²) in [6, 6.07) is 10.6. The third-order valence-electron chi connectivity index (χ3n) is 3.82. The molecule has 2 aromatic rings. The fourth-order valence-electron chi connectivity index (χ4n) is 2.53. The second kappa shape index (κ2) is 9.24. The highest BCUT2D eigenvalue weighted by atomic mass is 35.7. The number of ether oxygens (including phenoxy) is 2. The molecule has 0 N–H and O–H groups in total. The van der Waals surface area contributed by atoms with Gasteiger partial charge in [-0.05, 0) is 35.3 Å². The van der Waals surface area contributed by atoms with E-state index in [0.29, 0.717) is 16.7 Å². The largest absolute Gasteiger partial charge is 0.462 e. The van der Waals surface area contributed by atoms with Crippen LogP contribution < -0.4 is 4.74 Å². The van der Waals surface area contributed by atoms with Crippen molar-refractivity contribution in [3.8, 4) is 5.75 Å². The quantitative estimate of drug-likeness (QED) is 0.363. The number of rotatable bonds is 7. The molecule has 0 unspecified atom stereocenters. The Labute approximate surface area is 174 Å². The predicted octanol–water partition coefficient (Wildman–Crippen LogP) is 4.41. The molecule has 0 amide bonds. The average molecular weight is 437 g/mol. The maximum absolute atomic E-state index is 12.5. The standard InChI is InChI=1S/C21H21ClO6S/c1-13(2)12-27-21(24)18-11-16(9-10-19(18)28-15(4)23)14(3)17-7-5-6-8-20(17)29(22,25)26/h5-11,13H,3,12H2,1-2,4H3. The van der Waals surface area contributed by atoms with Gasteiger partial charge in [-0.25, -0.2) is 13.2 Å². The Morgan fingerprint density at radius 3 is 2.34 bits per heavy atom. The van der Waals surface area contributed by atoms with Crippen LogP contribution in [0.5, 0.6) is 5.75 Å². The summed E-state index contributed by atoms with van der Waals surface area (Å²) in [5.74, 6) is -1.09. The molecule has 0 saturated carbocycles. The van der Waals surface area contributed by atoms with Gasteiger partial charge in [0.1, 0.15) is 11.3 Å². The maximum Gasteiger partial charge on any atom is 0.341 e. The SMILES string of the molecule is C=C(c1ccc(OC(C)=O)c(C(=O)OCC(C)C)c1)c1ccccc1S(=O)(=O)Cl. The number of carbonyl (C=O) groups excluding carboxylic acids is 2. The molecule has 8 heteroatoms. The van der Waals surface area contributed by atoms with Gasteiger partial charge in [-0.1, -0.05) is 44.7 Å². The molecule has 0 radical (unpaired) electrons. The summed E-state index contributed by atoms with van der Waals surface area (Å²) in [6.07, 6.45) is 0. The van der Waals surface area contributed by atoms with E-state index in [1.54, 1.807) is 24.3 Å². The number of esters is 2. The van der Waals surface area contributed by atoms with E-state index in [1.807, 2.05) is 13.8 Å². The highest BCUT2D eigenvalue weighted by molar-refractivity contribution is 8.13. The summed E-state index contributed by atoms with van der Waals surface area (Å²) in [6.45, 7) is 9.14. The van der Waals surface area contributed by atoms with Gasteiger partial charge < -0.3 is 9.47 Å². The van der Waals surface area contributed by atoms with E-state index in [-0.39, 0.29) is 28.7 Å². The van der Waals surface area contributed by atoms with E-state index in [4.69, 9.17) is 20.2 Å². The van der Waals surface area contributed by atoms with Crippen molar-refractivity contribution in [3.63, 3.8) is 0 Å². The summed E-state index contributed by atoms with van der Waals surface area (Å²) in [7, 11) is 1.53. The van der Waals surface area contributed by atoms with Gasteiger partial charge in [-0.3, -0.25) is 4.79 Å². The van der Waals surface area contributed by atoms with Crippen LogP contribution in [0.2, 0.25) is 0 Å². The zero-order valence-corrected chi connectivity index (χ0v) is 17.8. The van der Waals surface area contributed by atoms with Crippen molar-refractivity contribution in [2.45, 2.75) is 25.7 Å². The smallest absolute Gasteiger partial charge is 0.341 e. The minimum Gasteiger partial charge on any atom is -0.462 e. The molecule has 0 spiro atoms. The van der Waals surface area contributed by atoms with Crippen LogP contribution >= 0.6 is 10.7 Å². The Kier molecular flexibility index (Phi) is 7.21. The van der Waals surface area contributed by atoms with Crippen LogP contribution in [0, 0.1) is 5.92 Å². The van der Waals surface area contributed by atoms with Crippen molar-refractivity contribution < 1.29 is 27.5 Å². The first-order chi connectivity index (χ1) is 13.5. The fourth-order valence-corrected chi connectivity index (χ4v) is 3.62. The molecule has 0 atom stereocenters. The molecular weight excluding hydrogens is 416 g/mol.